The van der Waals surface area contributed by atoms with Crippen molar-refractivity contribution in [3.05, 3.63) is 83.4 Å². The minimum atomic E-state index is -0.826. The highest BCUT2D eigenvalue weighted by atomic mass is 19.1. The van der Waals surface area contributed by atoms with Crippen LogP contribution in [0.4, 0.5) is 8.78 Å². The summed E-state index contributed by atoms with van der Waals surface area (Å²) in [6.07, 6.45) is -0.0733. The van der Waals surface area contributed by atoms with Gasteiger partial charge >= 0.3 is 0 Å². The zero-order valence-corrected chi connectivity index (χ0v) is 16.2. The Morgan fingerprint density at radius 1 is 0.900 bits per heavy atom. The zero-order chi connectivity index (χ0) is 20.8. The number of fused-ring (bicyclic) bond motifs is 4. The molecule has 0 saturated heterocycles. The fourth-order valence-corrected chi connectivity index (χ4v) is 4.42. The first kappa shape index (κ1) is 18.8. The fraction of sp³-hybridized carbons (Fsp3) is 0.208. The van der Waals surface area contributed by atoms with Crippen LogP contribution in [0.25, 0.3) is 21.8 Å². The van der Waals surface area contributed by atoms with E-state index in [4.69, 9.17) is 0 Å². The third-order valence-electron chi connectivity index (χ3n) is 5.80. The summed E-state index contributed by atoms with van der Waals surface area (Å²) in [6.45, 7) is 0.954. The molecule has 1 aromatic heterocycles. The second-order valence-electron chi connectivity index (χ2n) is 7.75. The molecule has 2 heterocycles. The molecule has 0 spiro atoms. The Hall–Kier alpha value is -3.25. The summed E-state index contributed by atoms with van der Waals surface area (Å²) >= 11 is 0. The summed E-state index contributed by atoms with van der Waals surface area (Å²) < 4.78 is 29.5. The van der Waals surface area contributed by atoms with E-state index < -0.39 is 17.7 Å². The van der Waals surface area contributed by atoms with Gasteiger partial charge in [-0.15, -0.1) is 0 Å². The van der Waals surface area contributed by atoms with Crippen LogP contribution in [0, 0.1) is 11.6 Å². The van der Waals surface area contributed by atoms with Crippen molar-refractivity contribution in [1.29, 1.82) is 0 Å². The van der Waals surface area contributed by atoms with Gasteiger partial charge in [-0.05, 0) is 54.4 Å². The van der Waals surface area contributed by atoms with Gasteiger partial charge < -0.3 is 14.6 Å². The van der Waals surface area contributed by atoms with Gasteiger partial charge in [-0.1, -0.05) is 18.2 Å². The molecule has 0 radical (unpaired) electrons. The Balaban J connectivity index is 1.45. The third-order valence-corrected chi connectivity index (χ3v) is 5.80. The maximum absolute atomic E-state index is 13.8. The summed E-state index contributed by atoms with van der Waals surface area (Å²) in [5, 5.41) is 12.0. The lowest BCUT2D eigenvalue weighted by molar-refractivity contribution is 0.0579. The molecule has 6 heteroatoms. The lowest BCUT2D eigenvalue weighted by Crippen LogP contribution is -2.43. The summed E-state index contributed by atoms with van der Waals surface area (Å²) in [7, 11) is 0. The van der Waals surface area contributed by atoms with Crippen LogP contribution >= 0.6 is 0 Å². The standard InChI is InChI=1S/C24H20F2N2O2/c25-16-5-7-22-20(11-16)21-12-17(26)6-8-23(21)28(22)14-18(29)13-27-10-9-15-3-1-2-4-19(15)24(27)30/h1-8,11-12,18,29H,9-10,13-14H2. The number of aromatic nitrogens is 1. The van der Waals surface area contributed by atoms with Crippen molar-refractivity contribution in [2.45, 2.75) is 19.1 Å². The largest absolute Gasteiger partial charge is 0.389 e. The zero-order valence-electron chi connectivity index (χ0n) is 16.2. The van der Waals surface area contributed by atoms with E-state index in [2.05, 4.69) is 0 Å². The summed E-state index contributed by atoms with van der Waals surface area (Å²) in [6, 6.07) is 16.3. The van der Waals surface area contributed by atoms with E-state index in [0.717, 1.165) is 12.0 Å². The van der Waals surface area contributed by atoms with Gasteiger partial charge in [0, 0.05) is 40.5 Å². The van der Waals surface area contributed by atoms with Crippen molar-refractivity contribution in [2.24, 2.45) is 0 Å². The number of aliphatic hydroxyl groups is 1. The lowest BCUT2D eigenvalue weighted by atomic mass is 9.99. The van der Waals surface area contributed by atoms with Crippen LogP contribution < -0.4 is 0 Å². The Kier molecular flexibility index (Phi) is 4.51. The Morgan fingerprint density at radius 3 is 2.20 bits per heavy atom. The van der Waals surface area contributed by atoms with Crippen molar-refractivity contribution in [1.82, 2.24) is 9.47 Å². The molecule has 1 atom stereocenters. The first-order valence-electron chi connectivity index (χ1n) is 9.93. The predicted molar refractivity (Wildman–Crippen MR) is 111 cm³/mol. The number of rotatable bonds is 4. The van der Waals surface area contributed by atoms with E-state index in [1.54, 1.807) is 17.0 Å². The minimum absolute atomic E-state index is 0.0812. The number of carbonyl (C=O) groups is 1. The van der Waals surface area contributed by atoms with Crippen molar-refractivity contribution >= 4 is 27.7 Å². The van der Waals surface area contributed by atoms with Gasteiger partial charge in [-0.3, -0.25) is 4.79 Å². The average Bonchev–Trinajstić information content (AvgIpc) is 3.02. The number of benzene rings is 3. The van der Waals surface area contributed by atoms with E-state index in [9.17, 15) is 18.7 Å². The minimum Gasteiger partial charge on any atom is -0.389 e. The number of halogens is 2. The van der Waals surface area contributed by atoms with Gasteiger partial charge in [0.15, 0.2) is 0 Å². The number of nitrogens with zero attached hydrogens (tertiary/aromatic N) is 2. The van der Waals surface area contributed by atoms with Gasteiger partial charge in [-0.2, -0.15) is 0 Å². The molecule has 4 aromatic rings. The maximum Gasteiger partial charge on any atom is 0.254 e. The molecule has 3 aromatic carbocycles. The van der Waals surface area contributed by atoms with Crippen LogP contribution in [0.1, 0.15) is 15.9 Å². The number of amides is 1. The number of hydrogen-bond acceptors (Lipinski definition) is 2. The Bertz CT molecular complexity index is 1220. The van der Waals surface area contributed by atoms with Crippen LogP contribution in [-0.2, 0) is 13.0 Å². The van der Waals surface area contributed by atoms with Crippen molar-refractivity contribution < 1.29 is 18.7 Å². The average molecular weight is 406 g/mol. The molecule has 0 aliphatic carbocycles. The van der Waals surface area contributed by atoms with E-state index in [1.807, 2.05) is 28.8 Å². The molecular formula is C24H20F2N2O2. The van der Waals surface area contributed by atoms with E-state index in [-0.39, 0.29) is 19.0 Å². The van der Waals surface area contributed by atoms with E-state index in [1.165, 1.54) is 24.3 Å². The highest BCUT2D eigenvalue weighted by molar-refractivity contribution is 6.08. The molecule has 0 bridgehead atoms. The second-order valence-corrected chi connectivity index (χ2v) is 7.75. The van der Waals surface area contributed by atoms with Crippen LogP contribution in [0.15, 0.2) is 60.7 Å². The van der Waals surface area contributed by atoms with Crippen molar-refractivity contribution in [3.8, 4) is 0 Å². The molecule has 30 heavy (non-hydrogen) atoms. The SMILES string of the molecule is O=C1c2ccccc2CCN1CC(O)Cn1c2ccc(F)cc2c2cc(F)ccc21. The first-order valence-corrected chi connectivity index (χ1v) is 9.93. The van der Waals surface area contributed by atoms with Crippen molar-refractivity contribution in [2.75, 3.05) is 13.1 Å². The Morgan fingerprint density at radius 2 is 1.53 bits per heavy atom. The topological polar surface area (TPSA) is 45.5 Å². The maximum atomic E-state index is 13.8. The highest BCUT2D eigenvalue weighted by Crippen LogP contribution is 2.30. The molecule has 5 rings (SSSR count). The number of hydrogen-bond donors (Lipinski definition) is 1. The first-order chi connectivity index (χ1) is 14.5. The summed E-state index contributed by atoms with van der Waals surface area (Å²) in [5.41, 5.74) is 3.14. The van der Waals surface area contributed by atoms with Gasteiger partial charge in [0.25, 0.3) is 5.91 Å². The monoisotopic (exact) mass is 406 g/mol. The molecule has 1 N–H and O–H groups in total. The molecule has 0 fully saturated rings. The van der Waals surface area contributed by atoms with Gasteiger partial charge in [0.05, 0.1) is 12.6 Å². The van der Waals surface area contributed by atoms with Gasteiger partial charge in [0.2, 0.25) is 0 Å². The van der Waals surface area contributed by atoms with E-state index in [0.29, 0.717) is 33.9 Å². The third kappa shape index (κ3) is 3.13. The van der Waals surface area contributed by atoms with E-state index >= 15 is 0 Å². The predicted octanol–water partition coefficient (Wildman–Crippen LogP) is 4.13. The van der Waals surface area contributed by atoms with Crippen LogP contribution in [0.5, 0.6) is 0 Å². The quantitative estimate of drug-likeness (QED) is 0.554. The lowest BCUT2D eigenvalue weighted by Gasteiger charge is -2.30. The number of aliphatic hydroxyl groups excluding tert-OH is 1. The number of carbonyl (C=O) groups excluding carboxylic acids is 1. The highest BCUT2D eigenvalue weighted by Gasteiger charge is 2.26. The molecule has 4 nitrogen and oxygen atoms in total. The van der Waals surface area contributed by atoms with Crippen LogP contribution in [-0.4, -0.2) is 39.7 Å². The fourth-order valence-electron chi connectivity index (χ4n) is 4.42. The smallest absolute Gasteiger partial charge is 0.254 e. The summed E-state index contributed by atoms with van der Waals surface area (Å²) in [4.78, 5) is 14.4. The molecule has 1 amide bonds. The van der Waals surface area contributed by atoms with Crippen LogP contribution in [0.3, 0.4) is 0 Å². The van der Waals surface area contributed by atoms with Crippen LogP contribution in [0.2, 0.25) is 0 Å². The molecular weight excluding hydrogens is 386 g/mol. The molecule has 1 aliphatic rings. The number of β-amino-alcohol motifs (C(OH)–C–C–N with tert-alkyl or cyclic N) is 1. The molecule has 0 saturated carbocycles. The summed E-state index contributed by atoms with van der Waals surface area (Å²) in [5.74, 6) is -0.879. The van der Waals surface area contributed by atoms with Gasteiger partial charge in [0.1, 0.15) is 11.6 Å². The molecule has 1 aliphatic heterocycles. The van der Waals surface area contributed by atoms with Gasteiger partial charge in [-0.25, -0.2) is 8.78 Å². The molecule has 1 unspecified atom stereocenters. The Labute approximate surface area is 172 Å². The van der Waals surface area contributed by atoms with Crippen molar-refractivity contribution in [3.63, 3.8) is 0 Å². The second kappa shape index (κ2) is 7.22. The molecule has 152 valence electrons. The normalized spacial score (nSPS) is 15.0.